The third-order valence-electron chi connectivity index (χ3n) is 4.31. The molecule has 4 rings (SSSR count). The van der Waals surface area contributed by atoms with Crippen LogP contribution in [0, 0.1) is 13.8 Å². The fourth-order valence-electron chi connectivity index (χ4n) is 3.19. The summed E-state index contributed by atoms with van der Waals surface area (Å²) < 4.78 is 7.29. The number of rotatable bonds is 2. The predicted octanol–water partition coefficient (Wildman–Crippen LogP) is 4.22. The van der Waals surface area contributed by atoms with Crippen LogP contribution in [0.5, 0.6) is 5.75 Å². The van der Waals surface area contributed by atoms with E-state index >= 15 is 0 Å². The molecule has 0 aliphatic rings. The maximum Gasteiger partial charge on any atom is 0.163 e. The number of benzene rings is 1. The van der Waals surface area contributed by atoms with Crippen molar-refractivity contribution in [2.24, 2.45) is 0 Å². The number of fused-ring (bicyclic) bond motifs is 3. The van der Waals surface area contributed by atoms with Gasteiger partial charge in [-0.3, -0.25) is 0 Å². The number of aryl methyl sites for hydroxylation is 1. The van der Waals surface area contributed by atoms with Crippen molar-refractivity contribution in [1.82, 2.24) is 19.6 Å². The number of methoxy groups -OCH3 is 1. The molecule has 0 fully saturated rings. The third-order valence-corrected chi connectivity index (χ3v) is 4.51. The Hall–Kier alpha value is -2.66. The van der Waals surface area contributed by atoms with Gasteiger partial charge in [0.05, 0.1) is 12.6 Å². The van der Waals surface area contributed by atoms with Gasteiger partial charge in [-0.1, -0.05) is 17.7 Å². The van der Waals surface area contributed by atoms with Crippen LogP contribution in [0.2, 0.25) is 5.15 Å². The van der Waals surface area contributed by atoms with E-state index in [0.29, 0.717) is 5.15 Å². The molecule has 0 aliphatic carbocycles. The van der Waals surface area contributed by atoms with Crippen molar-refractivity contribution >= 4 is 28.2 Å². The van der Waals surface area contributed by atoms with Gasteiger partial charge in [0.25, 0.3) is 0 Å². The van der Waals surface area contributed by atoms with E-state index in [4.69, 9.17) is 16.3 Å². The SMILES string of the molecule is COc1ccc(C)c(-c2cc3cnc(Cl)cc3n3ncnc23)c1C. The Morgan fingerprint density at radius 2 is 1.96 bits per heavy atom. The zero-order chi connectivity index (χ0) is 16.8. The summed E-state index contributed by atoms with van der Waals surface area (Å²) in [5.41, 5.74) is 5.99. The van der Waals surface area contributed by atoms with E-state index in [-0.39, 0.29) is 0 Å². The van der Waals surface area contributed by atoms with Gasteiger partial charge in [0, 0.05) is 23.2 Å². The molecule has 5 nitrogen and oxygen atoms in total. The lowest BCUT2D eigenvalue weighted by Crippen LogP contribution is -1.98. The lowest BCUT2D eigenvalue weighted by atomic mass is 9.95. The molecule has 3 heterocycles. The summed E-state index contributed by atoms with van der Waals surface area (Å²) in [7, 11) is 1.68. The average molecular weight is 339 g/mol. The van der Waals surface area contributed by atoms with Gasteiger partial charge in [-0.2, -0.15) is 5.10 Å². The van der Waals surface area contributed by atoms with Crippen molar-refractivity contribution in [1.29, 1.82) is 0 Å². The molecular weight excluding hydrogens is 324 g/mol. The quantitative estimate of drug-likeness (QED) is 0.513. The Morgan fingerprint density at radius 1 is 1.12 bits per heavy atom. The highest BCUT2D eigenvalue weighted by Crippen LogP contribution is 2.36. The van der Waals surface area contributed by atoms with E-state index < -0.39 is 0 Å². The zero-order valence-corrected chi connectivity index (χ0v) is 14.3. The summed E-state index contributed by atoms with van der Waals surface area (Å²) in [6.45, 7) is 4.14. The third kappa shape index (κ3) is 2.12. The van der Waals surface area contributed by atoms with Crippen molar-refractivity contribution in [3.05, 3.63) is 53.1 Å². The minimum atomic E-state index is 0.431. The van der Waals surface area contributed by atoms with Gasteiger partial charge in [0.1, 0.15) is 17.2 Å². The Kier molecular flexibility index (Phi) is 3.39. The molecule has 0 saturated heterocycles. The number of hydrogen-bond donors (Lipinski definition) is 0. The highest BCUT2D eigenvalue weighted by atomic mass is 35.5. The summed E-state index contributed by atoms with van der Waals surface area (Å²) >= 11 is 6.04. The van der Waals surface area contributed by atoms with Crippen LogP contribution >= 0.6 is 11.6 Å². The van der Waals surface area contributed by atoms with E-state index in [1.54, 1.807) is 30.2 Å². The van der Waals surface area contributed by atoms with Crippen LogP contribution in [0.15, 0.2) is 36.8 Å². The number of ether oxygens (including phenoxy) is 1. The first-order valence-corrected chi connectivity index (χ1v) is 7.90. The van der Waals surface area contributed by atoms with Gasteiger partial charge in [-0.15, -0.1) is 0 Å². The highest BCUT2D eigenvalue weighted by molar-refractivity contribution is 6.30. The summed E-state index contributed by atoms with van der Waals surface area (Å²) in [6, 6.07) is 7.92. The highest BCUT2D eigenvalue weighted by Gasteiger charge is 2.17. The number of halogens is 1. The molecule has 24 heavy (non-hydrogen) atoms. The van der Waals surface area contributed by atoms with Crippen molar-refractivity contribution in [2.75, 3.05) is 7.11 Å². The molecule has 0 radical (unpaired) electrons. The monoisotopic (exact) mass is 338 g/mol. The van der Waals surface area contributed by atoms with Crippen LogP contribution in [-0.4, -0.2) is 26.7 Å². The molecule has 6 heteroatoms. The van der Waals surface area contributed by atoms with Crippen molar-refractivity contribution in [3.63, 3.8) is 0 Å². The molecule has 0 bridgehead atoms. The molecular formula is C18H15ClN4O. The van der Waals surface area contributed by atoms with E-state index in [1.165, 1.54) is 0 Å². The van der Waals surface area contributed by atoms with Crippen LogP contribution in [0.3, 0.4) is 0 Å². The smallest absolute Gasteiger partial charge is 0.163 e. The molecule has 120 valence electrons. The normalized spacial score (nSPS) is 11.3. The number of pyridine rings is 2. The van der Waals surface area contributed by atoms with Gasteiger partial charge in [0.2, 0.25) is 0 Å². The first-order valence-electron chi connectivity index (χ1n) is 7.52. The molecule has 0 spiro atoms. The van der Waals surface area contributed by atoms with Crippen LogP contribution in [-0.2, 0) is 0 Å². The Balaban J connectivity index is 2.14. The van der Waals surface area contributed by atoms with Crippen molar-refractivity contribution in [2.45, 2.75) is 13.8 Å². The van der Waals surface area contributed by atoms with Crippen molar-refractivity contribution in [3.8, 4) is 16.9 Å². The molecule has 0 unspecified atom stereocenters. The lowest BCUT2D eigenvalue weighted by Gasteiger charge is -2.15. The number of nitrogens with zero attached hydrogens (tertiary/aromatic N) is 4. The standard InChI is InChI=1S/C18H15ClN4O/c1-10-4-5-15(24-3)11(2)17(10)13-6-12-8-20-16(19)7-14(12)23-18(13)21-9-22-23/h4-9H,1-3H3. The summed E-state index contributed by atoms with van der Waals surface area (Å²) in [6.07, 6.45) is 3.31. The average Bonchev–Trinajstić information content (AvgIpc) is 3.05. The molecule has 0 N–H and O–H groups in total. The second-order valence-electron chi connectivity index (χ2n) is 5.70. The summed E-state index contributed by atoms with van der Waals surface area (Å²) in [5, 5.41) is 5.75. The minimum absolute atomic E-state index is 0.431. The van der Waals surface area contributed by atoms with Crippen LogP contribution in [0.1, 0.15) is 11.1 Å². The molecule has 4 aromatic rings. The second-order valence-corrected chi connectivity index (χ2v) is 6.09. The number of aromatic nitrogens is 4. The van der Waals surface area contributed by atoms with E-state index in [1.807, 2.05) is 6.07 Å². The Labute approximate surface area is 143 Å². The largest absolute Gasteiger partial charge is 0.496 e. The minimum Gasteiger partial charge on any atom is -0.496 e. The molecule has 0 aliphatic heterocycles. The van der Waals surface area contributed by atoms with E-state index in [2.05, 4.69) is 41.0 Å². The zero-order valence-electron chi connectivity index (χ0n) is 13.5. The fraction of sp³-hybridized carbons (Fsp3) is 0.167. The van der Waals surface area contributed by atoms with Crippen LogP contribution in [0.4, 0.5) is 0 Å². The molecule has 0 amide bonds. The first kappa shape index (κ1) is 14.9. The molecule has 0 saturated carbocycles. The topological polar surface area (TPSA) is 52.3 Å². The lowest BCUT2D eigenvalue weighted by molar-refractivity contribution is 0.412. The second kappa shape index (κ2) is 5.46. The molecule has 3 aromatic heterocycles. The Morgan fingerprint density at radius 3 is 2.75 bits per heavy atom. The van der Waals surface area contributed by atoms with Gasteiger partial charge < -0.3 is 4.74 Å². The molecule has 0 atom stereocenters. The van der Waals surface area contributed by atoms with Gasteiger partial charge >= 0.3 is 0 Å². The van der Waals surface area contributed by atoms with Gasteiger partial charge in [0.15, 0.2) is 5.65 Å². The maximum absolute atomic E-state index is 6.04. The fourth-order valence-corrected chi connectivity index (χ4v) is 3.35. The maximum atomic E-state index is 6.04. The Bertz CT molecular complexity index is 1090. The van der Waals surface area contributed by atoms with E-state index in [0.717, 1.165) is 44.6 Å². The van der Waals surface area contributed by atoms with E-state index in [9.17, 15) is 0 Å². The van der Waals surface area contributed by atoms with Crippen molar-refractivity contribution < 1.29 is 4.74 Å². The number of hydrogen-bond acceptors (Lipinski definition) is 4. The summed E-state index contributed by atoms with van der Waals surface area (Å²) in [4.78, 5) is 8.65. The predicted molar refractivity (Wildman–Crippen MR) is 94.8 cm³/mol. The molecule has 1 aromatic carbocycles. The van der Waals surface area contributed by atoms with Gasteiger partial charge in [-0.25, -0.2) is 14.5 Å². The summed E-state index contributed by atoms with van der Waals surface area (Å²) in [5.74, 6) is 0.850. The van der Waals surface area contributed by atoms with Crippen LogP contribution in [0.25, 0.3) is 27.7 Å². The van der Waals surface area contributed by atoms with Gasteiger partial charge in [-0.05, 0) is 42.7 Å². The van der Waals surface area contributed by atoms with Crippen LogP contribution < -0.4 is 4.74 Å². The first-order chi connectivity index (χ1) is 11.6.